The Bertz CT molecular complexity index is 741. The van der Waals surface area contributed by atoms with Crippen LogP contribution in [0.3, 0.4) is 0 Å². The van der Waals surface area contributed by atoms with Crippen molar-refractivity contribution in [3.8, 4) is 5.75 Å². The van der Waals surface area contributed by atoms with Crippen LogP contribution in [0.25, 0.3) is 10.8 Å². The SMILES string of the molecule is CCCCCCOc1ccc(C(=N)N(CCCC)CCCCC)c2ccccc12. The van der Waals surface area contributed by atoms with Crippen LogP contribution >= 0.6 is 0 Å². The molecular formula is C26H40N2O. The zero-order valence-electron chi connectivity index (χ0n) is 18.8. The van der Waals surface area contributed by atoms with Gasteiger partial charge in [0, 0.05) is 24.0 Å². The fourth-order valence-electron chi connectivity index (χ4n) is 3.72. The lowest BCUT2D eigenvalue weighted by atomic mass is 10.0. The summed E-state index contributed by atoms with van der Waals surface area (Å²) in [5.74, 6) is 1.60. The highest BCUT2D eigenvalue weighted by atomic mass is 16.5. The van der Waals surface area contributed by atoms with Gasteiger partial charge in [0.15, 0.2) is 0 Å². The summed E-state index contributed by atoms with van der Waals surface area (Å²) < 4.78 is 6.12. The largest absolute Gasteiger partial charge is 0.493 e. The number of ether oxygens (including phenoxy) is 1. The van der Waals surface area contributed by atoms with Crippen LogP contribution in [-0.4, -0.2) is 30.4 Å². The number of nitrogens with zero attached hydrogens (tertiary/aromatic N) is 1. The van der Waals surface area contributed by atoms with E-state index in [1.807, 2.05) is 0 Å². The molecule has 0 bridgehead atoms. The number of hydrogen-bond donors (Lipinski definition) is 1. The van der Waals surface area contributed by atoms with E-state index >= 15 is 0 Å². The molecule has 0 unspecified atom stereocenters. The van der Waals surface area contributed by atoms with Gasteiger partial charge in [-0.1, -0.05) is 83.6 Å². The van der Waals surface area contributed by atoms with Crippen LogP contribution in [0.4, 0.5) is 0 Å². The van der Waals surface area contributed by atoms with E-state index in [2.05, 4.69) is 62.1 Å². The zero-order chi connectivity index (χ0) is 20.9. The number of rotatable bonds is 14. The third-order valence-corrected chi connectivity index (χ3v) is 5.52. The van der Waals surface area contributed by atoms with Crippen LogP contribution in [-0.2, 0) is 0 Å². The fraction of sp³-hybridized carbons (Fsp3) is 0.577. The first-order chi connectivity index (χ1) is 14.2. The molecule has 160 valence electrons. The van der Waals surface area contributed by atoms with Gasteiger partial charge in [-0.2, -0.15) is 0 Å². The predicted molar refractivity (Wildman–Crippen MR) is 126 cm³/mol. The quantitative estimate of drug-likeness (QED) is 0.205. The Morgan fingerprint density at radius 1 is 0.759 bits per heavy atom. The maximum atomic E-state index is 8.95. The van der Waals surface area contributed by atoms with E-state index in [1.165, 1.54) is 32.1 Å². The van der Waals surface area contributed by atoms with Gasteiger partial charge in [-0.05, 0) is 36.8 Å². The molecule has 0 fully saturated rings. The monoisotopic (exact) mass is 396 g/mol. The van der Waals surface area contributed by atoms with Crippen LogP contribution in [0.5, 0.6) is 5.75 Å². The topological polar surface area (TPSA) is 36.3 Å². The third-order valence-electron chi connectivity index (χ3n) is 5.52. The molecule has 0 amide bonds. The van der Waals surface area contributed by atoms with Gasteiger partial charge in [0.1, 0.15) is 11.6 Å². The summed E-state index contributed by atoms with van der Waals surface area (Å²) in [6.45, 7) is 9.38. The highest BCUT2D eigenvalue weighted by Gasteiger charge is 2.16. The van der Waals surface area contributed by atoms with E-state index in [-0.39, 0.29) is 0 Å². The lowest BCUT2D eigenvalue weighted by Crippen LogP contribution is -2.33. The van der Waals surface area contributed by atoms with Gasteiger partial charge >= 0.3 is 0 Å². The fourth-order valence-corrected chi connectivity index (χ4v) is 3.72. The van der Waals surface area contributed by atoms with Gasteiger partial charge in [0.25, 0.3) is 0 Å². The van der Waals surface area contributed by atoms with Crippen molar-refractivity contribution in [1.82, 2.24) is 4.90 Å². The lowest BCUT2D eigenvalue weighted by molar-refractivity contribution is 0.308. The molecule has 3 nitrogen and oxygen atoms in total. The Kier molecular flexibility index (Phi) is 10.6. The third kappa shape index (κ3) is 7.06. The van der Waals surface area contributed by atoms with E-state index in [0.29, 0.717) is 5.84 Å². The predicted octanol–water partition coefficient (Wildman–Crippen LogP) is 7.42. The first-order valence-electron chi connectivity index (χ1n) is 11.7. The number of nitrogens with one attached hydrogen (secondary N) is 1. The second-order valence-corrected chi connectivity index (χ2v) is 7.96. The molecule has 0 saturated carbocycles. The zero-order valence-corrected chi connectivity index (χ0v) is 18.8. The number of hydrogen-bond acceptors (Lipinski definition) is 2. The maximum Gasteiger partial charge on any atom is 0.128 e. The number of benzene rings is 2. The maximum absolute atomic E-state index is 8.95. The molecule has 0 heterocycles. The molecule has 1 N–H and O–H groups in total. The molecule has 0 aliphatic heterocycles. The molecule has 0 radical (unpaired) electrons. The first-order valence-corrected chi connectivity index (χ1v) is 11.7. The summed E-state index contributed by atoms with van der Waals surface area (Å²) in [6, 6.07) is 12.5. The van der Waals surface area contributed by atoms with Gasteiger partial charge in [-0.15, -0.1) is 0 Å². The first kappa shape index (κ1) is 23.3. The lowest BCUT2D eigenvalue weighted by Gasteiger charge is -2.26. The minimum Gasteiger partial charge on any atom is -0.493 e. The van der Waals surface area contributed by atoms with Gasteiger partial charge in [-0.25, -0.2) is 0 Å². The van der Waals surface area contributed by atoms with Crippen molar-refractivity contribution in [2.75, 3.05) is 19.7 Å². The van der Waals surface area contributed by atoms with E-state index in [4.69, 9.17) is 10.1 Å². The Morgan fingerprint density at radius 3 is 2.14 bits per heavy atom. The van der Waals surface area contributed by atoms with Crippen molar-refractivity contribution in [3.63, 3.8) is 0 Å². The average Bonchev–Trinajstić information content (AvgIpc) is 2.75. The van der Waals surface area contributed by atoms with E-state index in [9.17, 15) is 0 Å². The molecule has 0 saturated heterocycles. The summed E-state index contributed by atoms with van der Waals surface area (Å²) in [7, 11) is 0. The Balaban J connectivity index is 2.20. The molecule has 3 heteroatoms. The van der Waals surface area contributed by atoms with Crippen LogP contribution in [0.15, 0.2) is 36.4 Å². The molecule has 29 heavy (non-hydrogen) atoms. The normalized spacial score (nSPS) is 11.0. The van der Waals surface area contributed by atoms with E-state index in [0.717, 1.165) is 67.5 Å². The molecule has 0 spiro atoms. The summed E-state index contributed by atoms with van der Waals surface area (Å²) >= 11 is 0. The van der Waals surface area contributed by atoms with Crippen LogP contribution in [0, 0.1) is 5.41 Å². The average molecular weight is 397 g/mol. The summed E-state index contributed by atoms with van der Waals surface area (Å²) in [5.41, 5.74) is 1.02. The van der Waals surface area contributed by atoms with Gasteiger partial charge in [-0.3, -0.25) is 5.41 Å². The van der Waals surface area contributed by atoms with Crippen molar-refractivity contribution in [2.45, 2.75) is 78.6 Å². The van der Waals surface area contributed by atoms with Crippen LogP contribution in [0.1, 0.15) is 84.1 Å². The number of amidine groups is 1. The number of fused-ring (bicyclic) bond motifs is 1. The van der Waals surface area contributed by atoms with Crippen molar-refractivity contribution < 1.29 is 4.74 Å². The number of unbranched alkanes of at least 4 members (excludes halogenated alkanes) is 6. The summed E-state index contributed by atoms with van der Waals surface area (Å²) in [4.78, 5) is 2.27. The van der Waals surface area contributed by atoms with Crippen molar-refractivity contribution in [1.29, 1.82) is 5.41 Å². The van der Waals surface area contributed by atoms with Gasteiger partial charge in [0.2, 0.25) is 0 Å². The van der Waals surface area contributed by atoms with E-state index in [1.54, 1.807) is 0 Å². The van der Waals surface area contributed by atoms with Crippen molar-refractivity contribution in [2.24, 2.45) is 0 Å². The van der Waals surface area contributed by atoms with Gasteiger partial charge in [0.05, 0.1) is 6.61 Å². The van der Waals surface area contributed by atoms with Crippen molar-refractivity contribution >= 4 is 16.6 Å². The van der Waals surface area contributed by atoms with E-state index < -0.39 is 0 Å². The molecular weight excluding hydrogens is 356 g/mol. The second-order valence-electron chi connectivity index (χ2n) is 7.96. The van der Waals surface area contributed by atoms with Crippen LogP contribution < -0.4 is 4.74 Å². The smallest absolute Gasteiger partial charge is 0.128 e. The molecule has 2 rings (SSSR count). The molecule has 0 atom stereocenters. The van der Waals surface area contributed by atoms with Crippen LogP contribution in [0.2, 0.25) is 0 Å². The molecule has 2 aromatic carbocycles. The summed E-state index contributed by atoms with van der Waals surface area (Å²) in [5, 5.41) is 11.2. The highest BCUT2D eigenvalue weighted by molar-refractivity contribution is 6.09. The minimum atomic E-state index is 0.653. The molecule has 0 aliphatic rings. The Hall–Kier alpha value is -2.03. The van der Waals surface area contributed by atoms with Crippen molar-refractivity contribution in [3.05, 3.63) is 42.0 Å². The Labute approximate surface area is 178 Å². The minimum absolute atomic E-state index is 0.653. The molecule has 2 aromatic rings. The second kappa shape index (κ2) is 13.2. The summed E-state index contributed by atoms with van der Waals surface area (Å²) in [6.07, 6.45) is 10.7. The molecule has 0 aliphatic carbocycles. The standard InChI is InChI=1S/C26H40N2O/c1-4-7-10-14-21-29-25-18-17-24(22-15-11-12-16-23(22)25)26(27)28(19-9-6-3)20-13-8-5-2/h11-12,15-18,27H,4-10,13-14,19-21H2,1-3H3. The van der Waals surface area contributed by atoms with Gasteiger partial charge < -0.3 is 9.64 Å². The molecule has 0 aromatic heterocycles. The Morgan fingerprint density at radius 2 is 1.41 bits per heavy atom. The highest BCUT2D eigenvalue weighted by Crippen LogP contribution is 2.30.